The lowest BCUT2D eigenvalue weighted by molar-refractivity contribution is -0.165. The minimum absolute atomic E-state index is 0.000671. The van der Waals surface area contributed by atoms with Crippen LogP contribution in [0.15, 0.2) is 72.8 Å². The largest absolute Gasteiger partial charge is 0.428 e. The van der Waals surface area contributed by atoms with Gasteiger partial charge in [0.15, 0.2) is 0 Å². The van der Waals surface area contributed by atoms with Crippen LogP contribution < -0.4 is 11.1 Å². The number of nitrogen functional groups attached to an aromatic ring is 1. The van der Waals surface area contributed by atoms with E-state index in [0.717, 1.165) is 42.7 Å². The quantitative estimate of drug-likeness (QED) is 0.0736. The lowest BCUT2D eigenvalue weighted by Gasteiger charge is -2.10. The number of fused-ring (bicyclic) bond motifs is 1. The van der Waals surface area contributed by atoms with Gasteiger partial charge in [0, 0.05) is 36.7 Å². The van der Waals surface area contributed by atoms with E-state index in [4.69, 9.17) is 20.9 Å². The second-order valence-corrected chi connectivity index (χ2v) is 9.50. The summed E-state index contributed by atoms with van der Waals surface area (Å²) in [5, 5.41) is 10.4. The predicted octanol–water partition coefficient (Wildman–Crippen LogP) is 4.19. The Morgan fingerprint density at radius 3 is 2.39 bits per heavy atom. The number of nitrogens with zero attached hydrogens (tertiary/aromatic N) is 2. The standard InChI is InChI=1S/C31H33N5O5/c1-21(37)40-20-41-28(38)16-17-34-31(39)25-14-15-27-26(19-25)35-30(24-12-10-23(11-13-24)29(32)33)36(27)18-6-5-9-22-7-3-2-4-8-22/h2-4,7-8,10-15,19H,5-6,9,16-18,20H2,1H3,(H3,32,33)(H,34,39). The van der Waals surface area contributed by atoms with E-state index in [9.17, 15) is 14.4 Å². The molecular formula is C31H33N5O5. The molecule has 4 rings (SSSR count). The van der Waals surface area contributed by atoms with E-state index in [2.05, 4.69) is 26.8 Å². The second-order valence-electron chi connectivity index (χ2n) is 9.50. The summed E-state index contributed by atoms with van der Waals surface area (Å²) in [5.74, 6) is -0.715. The fraction of sp³-hybridized carbons (Fsp3) is 0.258. The van der Waals surface area contributed by atoms with Crippen molar-refractivity contribution in [1.82, 2.24) is 14.9 Å². The number of esters is 2. The molecule has 10 heteroatoms. The molecule has 0 saturated heterocycles. The number of unbranched alkanes of at least 4 members (excludes halogenated alkanes) is 1. The molecule has 0 aliphatic heterocycles. The summed E-state index contributed by atoms with van der Waals surface area (Å²) < 4.78 is 11.5. The Balaban J connectivity index is 1.48. The number of hydrogen-bond acceptors (Lipinski definition) is 7. The van der Waals surface area contributed by atoms with E-state index < -0.39 is 18.7 Å². The van der Waals surface area contributed by atoms with Crippen molar-refractivity contribution < 1.29 is 23.9 Å². The molecule has 212 valence electrons. The highest BCUT2D eigenvalue weighted by Crippen LogP contribution is 2.27. The Bertz CT molecular complexity index is 1530. The number of imidazole rings is 1. The van der Waals surface area contributed by atoms with Gasteiger partial charge in [-0.05, 0) is 43.0 Å². The van der Waals surface area contributed by atoms with Crippen molar-refractivity contribution in [1.29, 1.82) is 5.41 Å². The van der Waals surface area contributed by atoms with Gasteiger partial charge < -0.3 is 25.1 Å². The van der Waals surface area contributed by atoms with Crippen LogP contribution in [0.1, 0.15) is 47.7 Å². The highest BCUT2D eigenvalue weighted by molar-refractivity contribution is 5.98. The number of carbonyl (C=O) groups is 3. The molecule has 3 aromatic carbocycles. The third-order valence-corrected chi connectivity index (χ3v) is 6.50. The molecule has 1 amide bonds. The minimum Gasteiger partial charge on any atom is -0.428 e. The molecule has 0 unspecified atom stereocenters. The first kappa shape index (κ1) is 29.0. The van der Waals surface area contributed by atoms with Gasteiger partial charge in [-0.25, -0.2) is 4.98 Å². The van der Waals surface area contributed by atoms with Crippen LogP contribution in [0.4, 0.5) is 0 Å². The van der Waals surface area contributed by atoms with Crippen LogP contribution >= 0.6 is 0 Å². The molecule has 0 spiro atoms. The number of rotatable bonds is 13. The van der Waals surface area contributed by atoms with Gasteiger partial charge >= 0.3 is 11.9 Å². The zero-order valence-electron chi connectivity index (χ0n) is 22.9. The zero-order chi connectivity index (χ0) is 29.2. The highest BCUT2D eigenvalue weighted by Gasteiger charge is 2.16. The molecule has 0 fully saturated rings. The number of benzene rings is 3. The van der Waals surface area contributed by atoms with Crippen molar-refractivity contribution in [2.45, 2.75) is 39.2 Å². The van der Waals surface area contributed by atoms with Crippen molar-refractivity contribution in [2.75, 3.05) is 13.3 Å². The molecule has 0 radical (unpaired) electrons. The van der Waals surface area contributed by atoms with E-state index in [1.807, 2.05) is 36.4 Å². The average molecular weight is 556 g/mol. The maximum atomic E-state index is 12.8. The van der Waals surface area contributed by atoms with Crippen molar-refractivity contribution in [3.8, 4) is 11.4 Å². The van der Waals surface area contributed by atoms with Crippen LogP contribution in [-0.2, 0) is 32.0 Å². The summed E-state index contributed by atoms with van der Waals surface area (Å²) in [6.07, 6.45) is 2.87. The molecule has 4 N–H and O–H groups in total. The number of nitrogens with one attached hydrogen (secondary N) is 2. The number of carbonyl (C=O) groups excluding carboxylic acids is 3. The van der Waals surface area contributed by atoms with Crippen LogP contribution in [0.25, 0.3) is 22.4 Å². The third kappa shape index (κ3) is 8.01. The molecule has 0 saturated carbocycles. The first-order chi connectivity index (χ1) is 19.8. The molecule has 4 aromatic rings. The number of nitrogens with two attached hydrogens (primary N) is 1. The molecule has 0 aliphatic carbocycles. The Morgan fingerprint density at radius 2 is 1.68 bits per heavy atom. The van der Waals surface area contributed by atoms with Gasteiger partial charge in [0.2, 0.25) is 6.79 Å². The molecule has 0 atom stereocenters. The molecule has 41 heavy (non-hydrogen) atoms. The number of amidine groups is 1. The molecule has 0 bridgehead atoms. The monoisotopic (exact) mass is 555 g/mol. The fourth-order valence-corrected chi connectivity index (χ4v) is 4.39. The topological polar surface area (TPSA) is 149 Å². The predicted molar refractivity (Wildman–Crippen MR) is 155 cm³/mol. The number of aromatic nitrogens is 2. The van der Waals surface area contributed by atoms with E-state index in [1.54, 1.807) is 24.3 Å². The summed E-state index contributed by atoms with van der Waals surface area (Å²) >= 11 is 0. The summed E-state index contributed by atoms with van der Waals surface area (Å²) in [5.41, 5.74) is 10.4. The Morgan fingerprint density at radius 1 is 0.951 bits per heavy atom. The zero-order valence-corrected chi connectivity index (χ0v) is 22.9. The van der Waals surface area contributed by atoms with Crippen LogP contribution in [0.5, 0.6) is 0 Å². The Labute approximate surface area is 238 Å². The van der Waals surface area contributed by atoms with Gasteiger partial charge in [-0.3, -0.25) is 19.8 Å². The highest BCUT2D eigenvalue weighted by atomic mass is 16.7. The van der Waals surface area contributed by atoms with Gasteiger partial charge in [0.1, 0.15) is 11.7 Å². The minimum atomic E-state index is -0.589. The normalized spacial score (nSPS) is 10.8. The summed E-state index contributed by atoms with van der Waals surface area (Å²) in [6.45, 7) is 1.58. The molecule has 0 aliphatic rings. The van der Waals surface area contributed by atoms with Gasteiger partial charge in [-0.1, -0.05) is 54.6 Å². The number of hydrogen-bond donors (Lipinski definition) is 3. The lowest BCUT2D eigenvalue weighted by Crippen LogP contribution is -2.26. The maximum absolute atomic E-state index is 12.8. The van der Waals surface area contributed by atoms with Crippen molar-refractivity contribution in [3.05, 3.63) is 89.5 Å². The van der Waals surface area contributed by atoms with Crippen LogP contribution in [0.3, 0.4) is 0 Å². The number of ether oxygens (including phenoxy) is 2. The Kier molecular flexibility index (Phi) is 9.82. The third-order valence-electron chi connectivity index (χ3n) is 6.50. The van der Waals surface area contributed by atoms with Crippen LogP contribution in [0, 0.1) is 5.41 Å². The second kappa shape index (κ2) is 13.9. The summed E-state index contributed by atoms with van der Waals surface area (Å²) in [7, 11) is 0. The molecule has 1 aromatic heterocycles. The van der Waals surface area contributed by atoms with E-state index in [-0.39, 0.29) is 24.7 Å². The first-order valence-electron chi connectivity index (χ1n) is 13.4. The van der Waals surface area contributed by atoms with E-state index >= 15 is 0 Å². The lowest BCUT2D eigenvalue weighted by atomic mass is 10.1. The van der Waals surface area contributed by atoms with Crippen LogP contribution in [-0.4, -0.2) is 46.6 Å². The smallest absolute Gasteiger partial charge is 0.310 e. The van der Waals surface area contributed by atoms with Crippen LogP contribution in [0.2, 0.25) is 0 Å². The number of amides is 1. The molecule has 10 nitrogen and oxygen atoms in total. The summed E-state index contributed by atoms with van der Waals surface area (Å²) in [4.78, 5) is 40.2. The molecular weight excluding hydrogens is 522 g/mol. The van der Waals surface area contributed by atoms with Gasteiger partial charge in [0.05, 0.1) is 17.5 Å². The average Bonchev–Trinajstić information content (AvgIpc) is 3.33. The van der Waals surface area contributed by atoms with Gasteiger partial charge in [-0.2, -0.15) is 0 Å². The number of aryl methyl sites for hydroxylation is 2. The summed E-state index contributed by atoms with van der Waals surface area (Å²) in [6, 6.07) is 23.1. The Hall–Kier alpha value is -4.99. The van der Waals surface area contributed by atoms with Crippen molar-refractivity contribution in [2.24, 2.45) is 5.73 Å². The van der Waals surface area contributed by atoms with Crippen molar-refractivity contribution in [3.63, 3.8) is 0 Å². The van der Waals surface area contributed by atoms with Gasteiger partial charge in [0.25, 0.3) is 5.91 Å². The SMILES string of the molecule is CC(=O)OCOC(=O)CCNC(=O)c1ccc2c(c1)nc(-c1ccc(C(=N)N)cc1)n2CCCCc1ccccc1. The maximum Gasteiger partial charge on any atom is 0.310 e. The van der Waals surface area contributed by atoms with E-state index in [0.29, 0.717) is 16.6 Å². The first-order valence-corrected chi connectivity index (χ1v) is 13.4. The molecule has 1 heterocycles. The van der Waals surface area contributed by atoms with Gasteiger partial charge in [-0.15, -0.1) is 0 Å². The van der Waals surface area contributed by atoms with Crippen molar-refractivity contribution >= 4 is 34.7 Å². The fourth-order valence-electron chi connectivity index (χ4n) is 4.39. The van der Waals surface area contributed by atoms with E-state index in [1.165, 1.54) is 12.5 Å².